The SMILES string of the molecule is O=C(O)COC1CCC(OCC(=O)O)CC1. The Balaban J connectivity index is 2.13. The van der Waals surface area contributed by atoms with Gasteiger partial charge in [0.2, 0.25) is 0 Å². The van der Waals surface area contributed by atoms with Crippen LogP contribution < -0.4 is 0 Å². The number of carboxylic acid groups (broad SMARTS) is 2. The smallest absolute Gasteiger partial charge is 0.329 e. The molecule has 0 radical (unpaired) electrons. The van der Waals surface area contributed by atoms with Crippen molar-refractivity contribution in [3.05, 3.63) is 0 Å². The number of hydrogen-bond acceptors (Lipinski definition) is 4. The van der Waals surface area contributed by atoms with Crippen molar-refractivity contribution in [2.75, 3.05) is 13.2 Å². The van der Waals surface area contributed by atoms with E-state index in [-0.39, 0.29) is 25.4 Å². The van der Waals surface area contributed by atoms with Gasteiger partial charge < -0.3 is 19.7 Å². The summed E-state index contributed by atoms with van der Waals surface area (Å²) in [5.41, 5.74) is 0. The van der Waals surface area contributed by atoms with Crippen molar-refractivity contribution in [3.63, 3.8) is 0 Å². The van der Waals surface area contributed by atoms with Gasteiger partial charge in [-0.05, 0) is 25.7 Å². The van der Waals surface area contributed by atoms with E-state index >= 15 is 0 Å². The Kier molecular flexibility index (Phi) is 5.21. The Hall–Kier alpha value is -1.14. The van der Waals surface area contributed by atoms with Crippen LogP contribution in [0.4, 0.5) is 0 Å². The zero-order valence-corrected chi connectivity index (χ0v) is 8.92. The summed E-state index contributed by atoms with van der Waals surface area (Å²) in [5, 5.41) is 16.9. The van der Waals surface area contributed by atoms with Gasteiger partial charge >= 0.3 is 11.9 Å². The lowest BCUT2D eigenvalue weighted by Crippen LogP contribution is -2.29. The number of ether oxygens (including phenoxy) is 2. The predicted octanol–water partition coefficient (Wildman–Crippen LogP) is 0.500. The zero-order valence-electron chi connectivity index (χ0n) is 8.92. The predicted molar refractivity (Wildman–Crippen MR) is 53.2 cm³/mol. The second-order valence-corrected chi connectivity index (χ2v) is 3.81. The average molecular weight is 232 g/mol. The first-order valence-corrected chi connectivity index (χ1v) is 5.24. The Labute approximate surface area is 93.2 Å². The van der Waals surface area contributed by atoms with Crippen LogP contribution >= 0.6 is 0 Å². The summed E-state index contributed by atoms with van der Waals surface area (Å²) in [6.45, 7) is -0.545. The second-order valence-electron chi connectivity index (χ2n) is 3.81. The molecule has 0 aromatic heterocycles. The fourth-order valence-electron chi connectivity index (χ4n) is 1.74. The first kappa shape index (κ1) is 12.9. The molecule has 0 heterocycles. The molecule has 1 aliphatic rings. The maximum Gasteiger partial charge on any atom is 0.329 e. The summed E-state index contributed by atoms with van der Waals surface area (Å²) in [5.74, 6) is -1.94. The molecule has 16 heavy (non-hydrogen) atoms. The number of rotatable bonds is 6. The van der Waals surface area contributed by atoms with Gasteiger partial charge in [-0.15, -0.1) is 0 Å². The Morgan fingerprint density at radius 1 is 0.875 bits per heavy atom. The summed E-state index contributed by atoms with van der Waals surface area (Å²) in [6, 6.07) is 0. The summed E-state index contributed by atoms with van der Waals surface area (Å²) >= 11 is 0. The lowest BCUT2D eigenvalue weighted by Gasteiger charge is -2.27. The van der Waals surface area contributed by atoms with Crippen LogP contribution in [0.3, 0.4) is 0 Å². The fraction of sp³-hybridized carbons (Fsp3) is 0.800. The normalized spacial score (nSPS) is 25.2. The van der Waals surface area contributed by atoms with E-state index < -0.39 is 11.9 Å². The van der Waals surface area contributed by atoms with Gasteiger partial charge in [0.25, 0.3) is 0 Å². The fourth-order valence-corrected chi connectivity index (χ4v) is 1.74. The van der Waals surface area contributed by atoms with Gasteiger partial charge in [-0.25, -0.2) is 9.59 Å². The van der Waals surface area contributed by atoms with Crippen molar-refractivity contribution >= 4 is 11.9 Å². The molecule has 0 unspecified atom stereocenters. The third kappa shape index (κ3) is 5.09. The molecule has 0 spiro atoms. The Bertz CT molecular complexity index is 218. The van der Waals surface area contributed by atoms with Crippen LogP contribution in [-0.2, 0) is 19.1 Å². The molecule has 0 aromatic carbocycles. The van der Waals surface area contributed by atoms with Crippen molar-refractivity contribution in [1.29, 1.82) is 0 Å². The lowest BCUT2D eigenvalue weighted by molar-refractivity contribution is -0.149. The Morgan fingerprint density at radius 2 is 1.19 bits per heavy atom. The van der Waals surface area contributed by atoms with Crippen LogP contribution in [0.25, 0.3) is 0 Å². The quantitative estimate of drug-likeness (QED) is 0.692. The standard InChI is InChI=1S/C10H16O6/c11-9(12)5-15-7-1-2-8(4-3-7)16-6-10(13)14/h7-8H,1-6H2,(H,11,12)(H,13,14). The van der Waals surface area contributed by atoms with Gasteiger partial charge in [-0.3, -0.25) is 0 Å². The Morgan fingerprint density at radius 3 is 1.44 bits per heavy atom. The molecule has 6 nitrogen and oxygen atoms in total. The first-order chi connectivity index (χ1) is 7.58. The molecular weight excluding hydrogens is 216 g/mol. The molecule has 0 aliphatic heterocycles. The van der Waals surface area contributed by atoms with Crippen molar-refractivity contribution in [2.24, 2.45) is 0 Å². The molecule has 0 amide bonds. The van der Waals surface area contributed by atoms with E-state index in [1.54, 1.807) is 0 Å². The van der Waals surface area contributed by atoms with E-state index in [0.717, 1.165) is 25.7 Å². The minimum absolute atomic E-state index is 0.0409. The van der Waals surface area contributed by atoms with Crippen LogP contribution in [-0.4, -0.2) is 47.6 Å². The number of aliphatic carboxylic acids is 2. The van der Waals surface area contributed by atoms with E-state index in [0.29, 0.717) is 0 Å². The third-order valence-corrected chi connectivity index (χ3v) is 2.51. The van der Waals surface area contributed by atoms with Crippen LogP contribution in [0.15, 0.2) is 0 Å². The largest absolute Gasteiger partial charge is 0.480 e. The van der Waals surface area contributed by atoms with E-state index in [1.807, 2.05) is 0 Å². The highest BCUT2D eigenvalue weighted by Gasteiger charge is 2.23. The van der Waals surface area contributed by atoms with Gasteiger partial charge in [-0.1, -0.05) is 0 Å². The van der Waals surface area contributed by atoms with Crippen molar-refractivity contribution < 1.29 is 29.3 Å². The first-order valence-electron chi connectivity index (χ1n) is 5.24. The summed E-state index contributed by atoms with van der Waals surface area (Å²) in [4.78, 5) is 20.5. The van der Waals surface area contributed by atoms with E-state index in [9.17, 15) is 9.59 Å². The molecule has 0 atom stereocenters. The topological polar surface area (TPSA) is 93.1 Å². The van der Waals surface area contributed by atoms with Gasteiger partial charge in [0.1, 0.15) is 13.2 Å². The molecule has 92 valence electrons. The van der Waals surface area contributed by atoms with Gasteiger partial charge in [0.15, 0.2) is 0 Å². The van der Waals surface area contributed by atoms with E-state index in [1.165, 1.54) is 0 Å². The van der Waals surface area contributed by atoms with Crippen LogP contribution in [0, 0.1) is 0 Å². The monoisotopic (exact) mass is 232 g/mol. The summed E-state index contributed by atoms with van der Waals surface area (Å²) in [6.07, 6.45) is 2.80. The minimum Gasteiger partial charge on any atom is -0.480 e. The zero-order chi connectivity index (χ0) is 12.0. The molecular formula is C10H16O6. The highest BCUT2D eigenvalue weighted by molar-refractivity contribution is 5.68. The minimum atomic E-state index is -0.968. The van der Waals surface area contributed by atoms with Crippen LogP contribution in [0.1, 0.15) is 25.7 Å². The summed E-state index contributed by atoms with van der Waals surface area (Å²) in [7, 11) is 0. The highest BCUT2D eigenvalue weighted by atomic mass is 16.5. The molecule has 2 N–H and O–H groups in total. The van der Waals surface area contributed by atoms with E-state index in [4.69, 9.17) is 19.7 Å². The molecule has 0 aromatic rings. The van der Waals surface area contributed by atoms with E-state index in [2.05, 4.69) is 0 Å². The van der Waals surface area contributed by atoms with Gasteiger partial charge in [0, 0.05) is 0 Å². The highest BCUT2D eigenvalue weighted by Crippen LogP contribution is 2.23. The third-order valence-electron chi connectivity index (χ3n) is 2.51. The van der Waals surface area contributed by atoms with Crippen LogP contribution in [0.5, 0.6) is 0 Å². The number of carboxylic acids is 2. The summed E-state index contributed by atoms with van der Waals surface area (Å²) < 4.78 is 10.3. The molecule has 1 aliphatic carbocycles. The molecule has 1 rings (SSSR count). The molecule has 1 fully saturated rings. The van der Waals surface area contributed by atoms with Crippen molar-refractivity contribution in [3.8, 4) is 0 Å². The van der Waals surface area contributed by atoms with Crippen LogP contribution in [0.2, 0.25) is 0 Å². The molecule has 1 saturated carbocycles. The number of carbonyl (C=O) groups is 2. The molecule has 6 heteroatoms. The maximum absolute atomic E-state index is 10.3. The maximum atomic E-state index is 10.3. The molecule has 0 bridgehead atoms. The van der Waals surface area contributed by atoms with Crippen molar-refractivity contribution in [1.82, 2.24) is 0 Å². The number of hydrogen-bond donors (Lipinski definition) is 2. The van der Waals surface area contributed by atoms with Gasteiger partial charge in [-0.2, -0.15) is 0 Å². The average Bonchev–Trinajstić information content (AvgIpc) is 2.25. The van der Waals surface area contributed by atoms with Gasteiger partial charge in [0.05, 0.1) is 12.2 Å². The molecule has 0 saturated heterocycles. The lowest BCUT2D eigenvalue weighted by atomic mass is 9.95. The van der Waals surface area contributed by atoms with Crippen molar-refractivity contribution in [2.45, 2.75) is 37.9 Å². The second kappa shape index (κ2) is 6.44.